The highest BCUT2D eigenvalue weighted by atomic mass is 32.1. The minimum Gasteiger partial charge on any atom is -0.462 e. The zero-order valence-electron chi connectivity index (χ0n) is 9.56. The Hall–Kier alpha value is -1.13. The number of hydrogen-bond donors (Lipinski definition) is 1. The molecule has 0 amide bonds. The maximum Gasteiger partial charge on any atom is 0.162 e. The summed E-state index contributed by atoms with van der Waals surface area (Å²) in [4.78, 5) is 5.78. The van der Waals surface area contributed by atoms with Crippen molar-refractivity contribution in [1.29, 1.82) is 0 Å². The van der Waals surface area contributed by atoms with Crippen LogP contribution in [0.2, 0.25) is 0 Å². The van der Waals surface area contributed by atoms with Gasteiger partial charge in [-0.3, -0.25) is 0 Å². The van der Waals surface area contributed by atoms with E-state index in [0.717, 1.165) is 22.9 Å². The molecule has 0 spiro atoms. The first-order valence-electron chi connectivity index (χ1n) is 5.43. The van der Waals surface area contributed by atoms with E-state index < -0.39 is 0 Å². The van der Waals surface area contributed by atoms with Gasteiger partial charge in [0.1, 0.15) is 0 Å². The molecular weight excluding hydrogens is 220 g/mol. The zero-order chi connectivity index (χ0) is 11.5. The van der Waals surface area contributed by atoms with E-state index in [-0.39, 0.29) is 0 Å². The van der Waals surface area contributed by atoms with E-state index in [1.54, 1.807) is 17.6 Å². The van der Waals surface area contributed by atoms with E-state index in [9.17, 15) is 0 Å². The standard InChI is InChI=1S/C12H16N2OS/c1-8(2)6-9-11(7-13)16-12(14-9)10-4-3-5-15-10/h3-5,8H,6-7,13H2,1-2H3. The van der Waals surface area contributed by atoms with Crippen molar-refractivity contribution >= 4 is 11.3 Å². The predicted molar refractivity (Wildman–Crippen MR) is 66.2 cm³/mol. The molecule has 2 heterocycles. The smallest absolute Gasteiger partial charge is 0.162 e. The number of thiazole rings is 1. The SMILES string of the molecule is CC(C)Cc1nc(-c2ccco2)sc1CN. The second-order valence-corrected chi connectivity index (χ2v) is 5.25. The van der Waals surface area contributed by atoms with Crippen molar-refractivity contribution in [3.8, 4) is 10.8 Å². The first kappa shape index (κ1) is 11.4. The van der Waals surface area contributed by atoms with Gasteiger partial charge in [0.2, 0.25) is 0 Å². The molecule has 0 atom stereocenters. The molecule has 0 aromatic carbocycles. The number of furan rings is 1. The molecule has 0 saturated carbocycles. The number of aromatic nitrogens is 1. The van der Waals surface area contributed by atoms with Crippen LogP contribution in [0.25, 0.3) is 10.8 Å². The van der Waals surface area contributed by atoms with Crippen LogP contribution in [0, 0.1) is 5.92 Å². The molecule has 0 unspecified atom stereocenters. The maximum absolute atomic E-state index is 5.73. The summed E-state index contributed by atoms with van der Waals surface area (Å²) >= 11 is 1.63. The average molecular weight is 236 g/mol. The summed E-state index contributed by atoms with van der Waals surface area (Å²) in [5, 5.41) is 0.932. The second kappa shape index (κ2) is 4.80. The Kier molecular flexibility index (Phi) is 3.41. The summed E-state index contributed by atoms with van der Waals surface area (Å²) in [6.45, 7) is 4.93. The third-order valence-electron chi connectivity index (χ3n) is 2.30. The largest absolute Gasteiger partial charge is 0.462 e. The first-order chi connectivity index (χ1) is 7.70. The zero-order valence-corrected chi connectivity index (χ0v) is 10.4. The Morgan fingerprint density at radius 1 is 1.50 bits per heavy atom. The highest BCUT2D eigenvalue weighted by Crippen LogP contribution is 2.29. The third-order valence-corrected chi connectivity index (χ3v) is 3.43. The van der Waals surface area contributed by atoms with Crippen molar-refractivity contribution in [3.05, 3.63) is 29.0 Å². The average Bonchev–Trinajstić information content (AvgIpc) is 2.83. The van der Waals surface area contributed by atoms with Gasteiger partial charge in [0.05, 0.1) is 12.0 Å². The topological polar surface area (TPSA) is 52.0 Å². The molecule has 0 aliphatic carbocycles. The van der Waals surface area contributed by atoms with Crippen molar-refractivity contribution in [2.45, 2.75) is 26.8 Å². The summed E-state index contributed by atoms with van der Waals surface area (Å²) in [6, 6.07) is 3.80. The summed E-state index contributed by atoms with van der Waals surface area (Å²) in [5.74, 6) is 1.42. The Morgan fingerprint density at radius 2 is 2.31 bits per heavy atom. The molecule has 0 fully saturated rings. The number of hydrogen-bond acceptors (Lipinski definition) is 4. The lowest BCUT2D eigenvalue weighted by Crippen LogP contribution is -2.01. The van der Waals surface area contributed by atoms with Crippen LogP contribution in [0.3, 0.4) is 0 Å². The van der Waals surface area contributed by atoms with E-state index in [1.807, 2.05) is 12.1 Å². The lowest BCUT2D eigenvalue weighted by atomic mass is 10.1. The van der Waals surface area contributed by atoms with Crippen molar-refractivity contribution in [2.75, 3.05) is 0 Å². The Morgan fingerprint density at radius 3 is 2.88 bits per heavy atom. The molecule has 0 saturated heterocycles. The van der Waals surface area contributed by atoms with Crippen LogP contribution in [0.15, 0.2) is 22.8 Å². The van der Waals surface area contributed by atoms with E-state index in [4.69, 9.17) is 10.2 Å². The van der Waals surface area contributed by atoms with Crippen LogP contribution in [0.5, 0.6) is 0 Å². The van der Waals surface area contributed by atoms with Crippen LogP contribution >= 0.6 is 11.3 Å². The van der Waals surface area contributed by atoms with Gasteiger partial charge in [-0.15, -0.1) is 11.3 Å². The van der Waals surface area contributed by atoms with E-state index in [0.29, 0.717) is 12.5 Å². The van der Waals surface area contributed by atoms with Crippen LogP contribution in [0.1, 0.15) is 24.4 Å². The molecule has 0 bridgehead atoms. The highest BCUT2D eigenvalue weighted by molar-refractivity contribution is 7.15. The minimum absolute atomic E-state index is 0.556. The lowest BCUT2D eigenvalue weighted by molar-refractivity contribution is 0.580. The molecule has 0 aliphatic rings. The first-order valence-corrected chi connectivity index (χ1v) is 6.25. The van der Waals surface area contributed by atoms with E-state index in [2.05, 4.69) is 18.8 Å². The van der Waals surface area contributed by atoms with Gasteiger partial charge in [-0.25, -0.2) is 4.98 Å². The Balaban J connectivity index is 2.32. The van der Waals surface area contributed by atoms with Gasteiger partial charge in [0.15, 0.2) is 10.8 Å². The van der Waals surface area contributed by atoms with Gasteiger partial charge in [-0.2, -0.15) is 0 Å². The molecule has 2 N–H and O–H groups in total. The lowest BCUT2D eigenvalue weighted by Gasteiger charge is -2.02. The van der Waals surface area contributed by atoms with Gasteiger partial charge >= 0.3 is 0 Å². The fraction of sp³-hybridized carbons (Fsp3) is 0.417. The number of rotatable bonds is 4. The van der Waals surface area contributed by atoms with E-state index in [1.165, 1.54) is 4.88 Å². The van der Waals surface area contributed by atoms with Gasteiger partial charge in [0.25, 0.3) is 0 Å². The molecule has 16 heavy (non-hydrogen) atoms. The van der Waals surface area contributed by atoms with Crippen molar-refractivity contribution < 1.29 is 4.42 Å². The van der Waals surface area contributed by atoms with Crippen LogP contribution in [0.4, 0.5) is 0 Å². The molecule has 4 heteroatoms. The monoisotopic (exact) mass is 236 g/mol. The quantitative estimate of drug-likeness (QED) is 0.887. The second-order valence-electron chi connectivity index (χ2n) is 4.17. The van der Waals surface area contributed by atoms with Crippen LogP contribution in [-0.2, 0) is 13.0 Å². The van der Waals surface area contributed by atoms with E-state index >= 15 is 0 Å². The molecule has 0 aliphatic heterocycles. The summed E-state index contributed by atoms with van der Waals surface area (Å²) in [5.41, 5.74) is 6.85. The Bertz CT molecular complexity index is 446. The Labute approximate surface area is 99.3 Å². The molecule has 0 radical (unpaired) electrons. The molecule has 2 aromatic heterocycles. The molecule has 3 nitrogen and oxygen atoms in total. The summed E-state index contributed by atoms with van der Waals surface area (Å²) in [6.07, 6.45) is 2.64. The van der Waals surface area contributed by atoms with Crippen molar-refractivity contribution in [2.24, 2.45) is 11.7 Å². The van der Waals surface area contributed by atoms with Crippen LogP contribution < -0.4 is 5.73 Å². The van der Waals surface area contributed by atoms with Gasteiger partial charge in [-0.05, 0) is 24.5 Å². The highest BCUT2D eigenvalue weighted by Gasteiger charge is 2.13. The molecule has 2 aromatic rings. The predicted octanol–water partition coefficient (Wildman–Crippen LogP) is 3.06. The van der Waals surface area contributed by atoms with Gasteiger partial charge < -0.3 is 10.2 Å². The molecule has 2 rings (SSSR count). The van der Waals surface area contributed by atoms with Gasteiger partial charge in [-0.1, -0.05) is 13.8 Å². The minimum atomic E-state index is 0.556. The normalized spacial score (nSPS) is 11.2. The maximum atomic E-state index is 5.73. The van der Waals surface area contributed by atoms with Crippen LogP contribution in [-0.4, -0.2) is 4.98 Å². The van der Waals surface area contributed by atoms with Gasteiger partial charge in [0, 0.05) is 11.4 Å². The van der Waals surface area contributed by atoms with Crippen molar-refractivity contribution in [1.82, 2.24) is 4.98 Å². The number of nitrogens with two attached hydrogens (primary N) is 1. The third kappa shape index (κ3) is 2.33. The fourth-order valence-electron chi connectivity index (χ4n) is 1.59. The summed E-state index contributed by atoms with van der Waals surface area (Å²) in [7, 11) is 0. The molecular formula is C12H16N2OS. The summed E-state index contributed by atoms with van der Waals surface area (Å²) < 4.78 is 5.34. The number of nitrogens with zero attached hydrogens (tertiary/aromatic N) is 1. The van der Waals surface area contributed by atoms with Crippen molar-refractivity contribution in [3.63, 3.8) is 0 Å². The fourth-order valence-corrected chi connectivity index (χ4v) is 2.53. The molecule has 86 valence electrons.